The number of likely N-dealkylation sites (tertiary alicyclic amines) is 1. The summed E-state index contributed by atoms with van der Waals surface area (Å²) in [6.07, 6.45) is 5.36. The Hall–Kier alpha value is -1.89. The lowest BCUT2D eigenvalue weighted by Gasteiger charge is -2.39. The van der Waals surface area contributed by atoms with Crippen LogP contribution >= 0.6 is 0 Å². The van der Waals surface area contributed by atoms with E-state index in [9.17, 15) is 19.5 Å². The summed E-state index contributed by atoms with van der Waals surface area (Å²) in [4.78, 5) is 42.3. The van der Waals surface area contributed by atoms with E-state index in [4.69, 9.17) is 4.74 Å². The molecule has 1 saturated heterocycles. The number of fused-ring (bicyclic) bond motifs is 1. The third kappa shape index (κ3) is 6.02. The summed E-state index contributed by atoms with van der Waals surface area (Å²) in [6, 6.07) is -1.29. The zero-order valence-electron chi connectivity index (χ0n) is 22.6. The molecule has 2 N–H and O–H groups in total. The number of carbonyl (C=O) groups excluding carboxylic acids is 3. The average Bonchev–Trinajstić information content (AvgIpc) is 2.99. The molecule has 1 aliphatic heterocycles. The topological polar surface area (TPSA) is 95.9 Å². The van der Waals surface area contributed by atoms with Crippen LogP contribution in [0.15, 0.2) is 12.2 Å². The molecule has 194 valence electrons. The number of amides is 2. The quantitative estimate of drug-likeness (QED) is 0.390. The van der Waals surface area contributed by atoms with Crippen molar-refractivity contribution < 1.29 is 24.2 Å². The van der Waals surface area contributed by atoms with Gasteiger partial charge in [0.2, 0.25) is 11.8 Å². The van der Waals surface area contributed by atoms with E-state index in [-0.39, 0.29) is 42.3 Å². The molecule has 7 nitrogen and oxygen atoms in total. The minimum absolute atomic E-state index is 0.00400. The molecule has 0 aromatic heterocycles. The van der Waals surface area contributed by atoms with Crippen molar-refractivity contribution in [2.45, 2.75) is 92.8 Å². The molecule has 0 radical (unpaired) electrons. The van der Waals surface area contributed by atoms with Crippen LogP contribution in [0.5, 0.6) is 0 Å². The van der Waals surface area contributed by atoms with Gasteiger partial charge in [0.15, 0.2) is 0 Å². The number of nitrogens with zero attached hydrogens (tertiary/aromatic N) is 1. The average molecular weight is 479 g/mol. The Labute approximate surface area is 205 Å². The summed E-state index contributed by atoms with van der Waals surface area (Å²) >= 11 is 0. The number of hydrogen-bond acceptors (Lipinski definition) is 5. The highest BCUT2D eigenvalue weighted by Gasteiger charge is 2.59. The highest BCUT2D eigenvalue weighted by molar-refractivity contribution is 5.96. The van der Waals surface area contributed by atoms with Gasteiger partial charge in [0, 0.05) is 11.5 Å². The van der Waals surface area contributed by atoms with Crippen molar-refractivity contribution in [1.82, 2.24) is 10.2 Å². The van der Waals surface area contributed by atoms with Crippen LogP contribution in [0.1, 0.15) is 75.2 Å². The largest absolute Gasteiger partial charge is 0.466 e. The molecule has 0 spiro atoms. The van der Waals surface area contributed by atoms with Crippen LogP contribution in [0.25, 0.3) is 0 Å². The van der Waals surface area contributed by atoms with Gasteiger partial charge in [-0.25, -0.2) is 0 Å². The third-order valence-corrected chi connectivity index (χ3v) is 7.32. The van der Waals surface area contributed by atoms with Crippen LogP contribution in [0.2, 0.25) is 0 Å². The second-order valence-electron chi connectivity index (χ2n) is 12.1. The van der Waals surface area contributed by atoms with Gasteiger partial charge in [-0.3, -0.25) is 14.4 Å². The van der Waals surface area contributed by atoms with Gasteiger partial charge in [-0.1, -0.05) is 60.1 Å². The van der Waals surface area contributed by atoms with Gasteiger partial charge in [-0.05, 0) is 44.4 Å². The van der Waals surface area contributed by atoms with Gasteiger partial charge >= 0.3 is 5.97 Å². The van der Waals surface area contributed by atoms with Crippen LogP contribution in [0.3, 0.4) is 0 Å². The molecular formula is C27H46N2O5. The van der Waals surface area contributed by atoms with E-state index in [0.717, 1.165) is 12.8 Å². The lowest BCUT2D eigenvalue weighted by atomic mass is 9.70. The number of aliphatic hydroxyl groups excluding tert-OH is 1. The SMILES string of the molecule is CCOC(=O)[C@H]1[C@@H]2C(=O)N([C@@H](CO)[C@@H](C)CC)[C@H](C(=O)NC(C)(C)CC(C)(C)C)[C@H]2C=C[C@H]1C. The third-order valence-electron chi connectivity index (χ3n) is 7.32. The Balaban J connectivity index is 2.53. The molecule has 2 rings (SSSR count). The molecule has 34 heavy (non-hydrogen) atoms. The first-order valence-electron chi connectivity index (χ1n) is 12.8. The van der Waals surface area contributed by atoms with Crippen LogP contribution in [-0.2, 0) is 19.1 Å². The monoisotopic (exact) mass is 478 g/mol. The van der Waals surface area contributed by atoms with E-state index in [0.29, 0.717) is 0 Å². The predicted molar refractivity (Wildman–Crippen MR) is 133 cm³/mol. The van der Waals surface area contributed by atoms with E-state index < -0.39 is 41.3 Å². The fourth-order valence-corrected chi connectivity index (χ4v) is 6.09. The van der Waals surface area contributed by atoms with E-state index in [1.165, 1.54) is 0 Å². The fraction of sp³-hybridized carbons (Fsp3) is 0.815. The molecule has 0 saturated carbocycles. The second kappa shape index (κ2) is 10.8. The summed E-state index contributed by atoms with van der Waals surface area (Å²) in [5, 5.41) is 13.5. The summed E-state index contributed by atoms with van der Waals surface area (Å²) in [5.74, 6) is -2.86. The molecule has 2 amide bonds. The highest BCUT2D eigenvalue weighted by atomic mass is 16.5. The molecule has 1 aliphatic carbocycles. The molecule has 1 heterocycles. The molecule has 0 aromatic rings. The molecule has 0 unspecified atom stereocenters. The zero-order chi connectivity index (χ0) is 26.0. The number of esters is 1. The van der Waals surface area contributed by atoms with E-state index in [2.05, 4.69) is 26.1 Å². The van der Waals surface area contributed by atoms with Gasteiger partial charge in [0.05, 0.1) is 31.1 Å². The van der Waals surface area contributed by atoms with E-state index in [1.54, 1.807) is 11.8 Å². The minimum atomic E-state index is -0.788. The number of ether oxygens (including phenoxy) is 1. The first kappa shape index (κ1) is 28.3. The second-order valence-corrected chi connectivity index (χ2v) is 12.1. The number of rotatable bonds is 9. The summed E-state index contributed by atoms with van der Waals surface area (Å²) < 4.78 is 5.34. The van der Waals surface area contributed by atoms with Crippen LogP contribution in [0.4, 0.5) is 0 Å². The first-order chi connectivity index (χ1) is 15.7. The maximum atomic E-state index is 13.9. The Bertz CT molecular complexity index is 784. The molecule has 1 fully saturated rings. The van der Waals surface area contributed by atoms with Crippen molar-refractivity contribution >= 4 is 17.8 Å². The Kier molecular flexibility index (Phi) is 9.00. The predicted octanol–water partition coefficient (Wildman–Crippen LogP) is 3.55. The van der Waals surface area contributed by atoms with Crippen LogP contribution < -0.4 is 5.32 Å². The highest BCUT2D eigenvalue weighted by Crippen LogP contribution is 2.46. The maximum absolute atomic E-state index is 13.9. The summed E-state index contributed by atoms with van der Waals surface area (Å²) in [5.41, 5.74) is -0.483. The van der Waals surface area contributed by atoms with Gasteiger partial charge in [-0.2, -0.15) is 0 Å². The lowest BCUT2D eigenvalue weighted by molar-refractivity contribution is -0.156. The standard InChI is InChI=1S/C27H46N2O5/c1-10-16(3)19(14-30)29-22(23(31)28-27(8,9)15-26(5,6)7)18-13-12-17(4)20(21(18)24(29)32)25(33)34-11-2/h12-13,16-22,30H,10-11,14-15H2,1-9H3,(H,28,31)/t16-,17+,18-,19-,20+,21+,22-/m0/s1. The van der Waals surface area contributed by atoms with Crippen molar-refractivity contribution in [3.05, 3.63) is 12.2 Å². The van der Waals surface area contributed by atoms with Crippen molar-refractivity contribution in [3.8, 4) is 0 Å². The number of carbonyl (C=O) groups is 3. The zero-order valence-corrected chi connectivity index (χ0v) is 22.6. The number of nitrogens with one attached hydrogen (secondary N) is 1. The fourth-order valence-electron chi connectivity index (χ4n) is 6.09. The van der Waals surface area contributed by atoms with Gasteiger partial charge in [0.25, 0.3) is 0 Å². The molecular weight excluding hydrogens is 432 g/mol. The summed E-state index contributed by atoms with van der Waals surface area (Å²) in [6.45, 7) is 18.0. The van der Waals surface area contributed by atoms with Crippen molar-refractivity contribution in [1.29, 1.82) is 0 Å². The minimum Gasteiger partial charge on any atom is -0.466 e. The summed E-state index contributed by atoms with van der Waals surface area (Å²) in [7, 11) is 0. The Morgan fingerprint density at radius 3 is 2.29 bits per heavy atom. The van der Waals surface area contributed by atoms with Crippen LogP contribution in [0, 0.1) is 35.0 Å². The molecule has 2 aliphatic rings. The maximum Gasteiger partial charge on any atom is 0.310 e. The normalized spacial score (nSPS) is 28.9. The number of aliphatic hydroxyl groups is 1. The molecule has 7 atom stereocenters. The van der Waals surface area contributed by atoms with E-state index in [1.807, 2.05) is 46.8 Å². The molecule has 0 aromatic carbocycles. The molecule has 7 heteroatoms. The molecule has 0 bridgehead atoms. The first-order valence-corrected chi connectivity index (χ1v) is 12.8. The number of allylic oxidation sites excluding steroid dienone is 1. The smallest absolute Gasteiger partial charge is 0.310 e. The van der Waals surface area contributed by atoms with Gasteiger partial charge in [0.1, 0.15) is 6.04 Å². The van der Waals surface area contributed by atoms with Crippen LogP contribution in [-0.4, -0.2) is 58.6 Å². The Morgan fingerprint density at radius 1 is 1.18 bits per heavy atom. The number of hydrogen-bond donors (Lipinski definition) is 2. The van der Waals surface area contributed by atoms with Gasteiger partial charge in [-0.15, -0.1) is 0 Å². The Morgan fingerprint density at radius 2 is 1.79 bits per heavy atom. The van der Waals surface area contributed by atoms with E-state index >= 15 is 0 Å². The van der Waals surface area contributed by atoms with Crippen molar-refractivity contribution in [2.24, 2.45) is 35.0 Å². The van der Waals surface area contributed by atoms with Crippen molar-refractivity contribution in [3.63, 3.8) is 0 Å². The van der Waals surface area contributed by atoms with Gasteiger partial charge < -0.3 is 20.1 Å². The lowest BCUT2D eigenvalue weighted by Crippen LogP contribution is -2.58. The van der Waals surface area contributed by atoms with Crippen molar-refractivity contribution in [2.75, 3.05) is 13.2 Å².